The largest absolute Gasteiger partial charge is 0.370 e. The van der Waals surface area contributed by atoms with Gasteiger partial charge in [-0.3, -0.25) is 9.59 Å². The van der Waals surface area contributed by atoms with Crippen LogP contribution in [0.5, 0.6) is 0 Å². The zero-order chi connectivity index (χ0) is 19.3. The maximum absolute atomic E-state index is 12.2. The minimum absolute atomic E-state index is 0.157. The minimum atomic E-state index is -0.392. The van der Waals surface area contributed by atoms with Gasteiger partial charge < -0.3 is 15.6 Å². The van der Waals surface area contributed by atoms with Gasteiger partial charge >= 0.3 is 0 Å². The Morgan fingerprint density at radius 1 is 1.35 bits per heavy atom. The molecule has 0 saturated heterocycles. The molecule has 7 nitrogen and oxygen atoms in total. The van der Waals surface area contributed by atoms with Gasteiger partial charge in [0.15, 0.2) is 5.16 Å². The third kappa shape index (κ3) is 5.62. The Bertz CT molecular complexity index is 812. The molecule has 0 aliphatic rings. The number of carbonyl (C=O) groups is 2. The van der Waals surface area contributed by atoms with Crippen molar-refractivity contribution in [1.29, 1.82) is 0 Å². The van der Waals surface area contributed by atoms with E-state index in [9.17, 15) is 9.59 Å². The Morgan fingerprint density at radius 2 is 2.08 bits per heavy atom. The molecule has 0 fully saturated rings. The lowest BCUT2D eigenvalue weighted by atomic mass is 10.1. The van der Waals surface area contributed by atoms with Gasteiger partial charge in [0.1, 0.15) is 5.82 Å². The van der Waals surface area contributed by atoms with E-state index < -0.39 is 5.91 Å². The summed E-state index contributed by atoms with van der Waals surface area (Å²) in [5, 5.41) is 12.6. The lowest BCUT2D eigenvalue weighted by molar-refractivity contribution is -0.119. The molecule has 26 heavy (non-hydrogen) atoms. The number of primary amides is 1. The third-order valence-electron chi connectivity index (χ3n) is 3.66. The predicted octanol–water partition coefficient (Wildman–Crippen LogP) is 2.51. The van der Waals surface area contributed by atoms with Crippen molar-refractivity contribution in [3.05, 3.63) is 39.6 Å². The first kappa shape index (κ1) is 20.5. The number of thioether (sulfide) groups is 1. The van der Waals surface area contributed by atoms with Crippen molar-refractivity contribution in [1.82, 2.24) is 20.1 Å². The summed E-state index contributed by atoms with van der Waals surface area (Å²) in [7, 11) is 1.78. The highest BCUT2D eigenvalue weighted by molar-refractivity contribution is 7.99. The molecule has 1 atom stereocenters. The number of carbonyl (C=O) groups excluding carboxylic acids is 2. The number of aryl methyl sites for hydroxylation is 1. The SMILES string of the molecule is CC(NC(=O)CSc1nnc(CCC(N)=O)n1C)c1ccc(Cl)cc1Cl. The lowest BCUT2D eigenvalue weighted by Crippen LogP contribution is -2.28. The molecule has 1 heterocycles. The molecule has 1 aromatic heterocycles. The lowest BCUT2D eigenvalue weighted by Gasteiger charge is -2.15. The van der Waals surface area contributed by atoms with Gasteiger partial charge in [0, 0.05) is 29.9 Å². The molecule has 0 aliphatic carbocycles. The monoisotopic (exact) mass is 415 g/mol. The number of nitrogens with zero attached hydrogens (tertiary/aromatic N) is 3. The predicted molar refractivity (Wildman–Crippen MR) is 102 cm³/mol. The molecular formula is C16H19Cl2N5O2S. The van der Waals surface area contributed by atoms with Gasteiger partial charge in [-0.05, 0) is 24.6 Å². The smallest absolute Gasteiger partial charge is 0.230 e. The van der Waals surface area contributed by atoms with Crippen LogP contribution in [-0.2, 0) is 23.1 Å². The second-order valence-electron chi connectivity index (χ2n) is 5.67. The number of rotatable bonds is 8. The molecule has 2 aromatic rings. The Labute approximate surface area is 165 Å². The van der Waals surface area contributed by atoms with Gasteiger partial charge in [0.25, 0.3) is 0 Å². The van der Waals surface area contributed by atoms with Crippen molar-refractivity contribution < 1.29 is 9.59 Å². The van der Waals surface area contributed by atoms with Crippen LogP contribution in [-0.4, -0.2) is 32.3 Å². The van der Waals surface area contributed by atoms with Gasteiger partial charge in [-0.2, -0.15) is 0 Å². The average Bonchev–Trinajstić information content (AvgIpc) is 2.91. The summed E-state index contributed by atoms with van der Waals surface area (Å²) in [5.74, 6) is 0.275. The molecule has 1 aromatic carbocycles. The third-order valence-corrected chi connectivity index (χ3v) is 5.24. The van der Waals surface area contributed by atoms with E-state index in [1.165, 1.54) is 11.8 Å². The first-order valence-electron chi connectivity index (χ1n) is 7.81. The number of benzene rings is 1. The molecule has 140 valence electrons. The second kappa shape index (κ2) is 9.25. The van der Waals surface area contributed by atoms with E-state index in [2.05, 4.69) is 15.5 Å². The van der Waals surface area contributed by atoms with Crippen molar-refractivity contribution in [2.75, 3.05) is 5.75 Å². The van der Waals surface area contributed by atoms with E-state index >= 15 is 0 Å². The van der Waals surface area contributed by atoms with Gasteiger partial charge in [0.05, 0.1) is 11.8 Å². The summed E-state index contributed by atoms with van der Waals surface area (Å²) < 4.78 is 1.75. The Morgan fingerprint density at radius 3 is 2.73 bits per heavy atom. The fourth-order valence-corrected chi connectivity index (χ4v) is 3.58. The number of hydrogen-bond donors (Lipinski definition) is 2. The number of halogens is 2. The zero-order valence-corrected chi connectivity index (χ0v) is 16.7. The van der Waals surface area contributed by atoms with Crippen LogP contribution in [0.4, 0.5) is 0 Å². The van der Waals surface area contributed by atoms with Crippen LogP contribution in [0.1, 0.15) is 30.8 Å². The maximum atomic E-state index is 12.2. The van der Waals surface area contributed by atoms with Crippen molar-refractivity contribution >= 4 is 46.8 Å². The Hall–Kier alpha value is -1.77. The van der Waals surface area contributed by atoms with Crippen LogP contribution < -0.4 is 11.1 Å². The first-order chi connectivity index (χ1) is 12.3. The van der Waals surface area contributed by atoms with E-state index in [-0.39, 0.29) is 24.1 Å². The van der Waals surface area contributed by atoms with Gasteiger partial charge in [0.2, 0.25) is 11.8 Å². The quantitative estimate of drug-likeness (QED) is 0.644. The highest BCUT2D eigenvalue weighted by Crippen LogP contribution is 2.26. The summed E-state index contributed by atoms with van der Waals surface area (Å²) >= 11 is 13.3. The molecule has 2 amide bonds. The highest BCUT2D eigenvalue weighted by atomic mass is 35.5. The molecule has 2 rings (SSSR count). The number of nitrogens with one attached hydrogen (secondary N) is 1. The van der Waals surface area contributed by atoms with Crippen LogP contribution >= 0.6 is 35.0 Å². The molecule has 3 N–H and O–H groups in total. The Kier molecular flexibility index (Phi) is 7.31. The van der Waals surface area contributed by atoms with Gasteiger partial charge in [-0.15, -0.1) is 10.2 Å². The number of aromatic nitrogens is 3. The molecule has 1 unspecified atom stereocenters. The number of nitrogens with two attached hydrogens (primary N) is 1. The van der Waals surface area contributed by atoms with Crippen LogP contribution in [0.3, 0.4) is 0 Å². The fourth-order valence-electron chi connectivity index (χ4n) is 2.27. The van der Waals surface area contributed by atoms with Crippen molar-refractivity contribution in [2.45, 2.75) is 31.0 Å². The van der Waals surface area contributed by atoms with E-state index in [4.69, 9.17) is 28.9 Å². The summed E-state index contributed by atoms with van der Waals surface area (Å²) in [6.07, 6.45) is 0.619. The minimum Gasteiger partial charge on any atom is -0.370 e. The highest BCUT2D eigenvalue weighted by Gasteiger charge is 2.15. The normalized spacial score (nSPS) is 12.0. The topological polar surface area (TPSA) is 103 Å². The van der Waals surface area contributed by atoms with Crippen molar-refractivity contribution in [3.63, 3.8) is 0 Å². The second-order valence-corrected chi connectivity index (χ2v) is 7.45. The number of amides is 2. The van der Waals surface area contributed by atoms with Gasteiger partial charge in [-0.1, -0.05) is 41.0 Å². The van der Waals surface area contributed by atoms with Crippen LogP contribution in [0, 0.1) is 0 Å². The molecule has 0 saturated carbocycles. The summed E-state index contributed by atoms with van der Waals surface area (Å²) in [5.41, 5.74) is 5.93. The molecule has 10 heteroatoms. The van der Waals surface area contributed by atoms with Crippen LogP contribution in [0.2, 0.25) is 10.0 Å². The number of hydrogen-bond acceptors (Lipinski definition) is 5. The fraction of sp³-hybridized carbons (Fsp3) is 0.375. The summed E-state index contributed by atoms with van der Waals surface area (Å²) in [4.78, 5) is 23.0. The summed E-state index contributed by atoms with van der Waals surface area (Å²) in [6, 6.07) is 4.91. The Balaban J connectivity index is 1.89. The molecule has 0 bridgehead atoms. The zero-order valence-electron chi connectivity index (χ0n) is 14.3. The van der Waals surface area contributed by atoms with Crippen molar-refractivity contribution in [2.24, 2.45) is 12.8 Å². The van der Waals surface area contributed by atoms with Gasteiger partial charge in [-0.25, -0.2) is 0 Å². The molecule has 0 radical (unpaired) electrons. The molecular weight excluding hydrogens is 397 g/mol. The summed E-state index contributed by atoms with van der Waals surface area (Å²) in [6.45, 7) is 1.85. The first-order valence-corrected chi connectivity index (χ1v) is 9.55. The van der Waals surface area contributed by atoms with E-state index in [0.29, 0.717) is 27.4 Å². The molecule has 0 aliphatic heterocycles. The maximum Gasteiger partial charge on any atom is 0.230 e. The molecule has 0 spiro atoms. The van der Waals surface area contributed by atoms with E-state index in [1.807, 2.05) is 6.92 Å². The average molecular weight is 416 g/mol. The van der Waals surface area contributed by atoms with Crippen LogP contribution in [0.15, 0.2) is 23.4 Å². The van der Waals surface area contributed by atoms with E-state index in [1.54, 1.807) is 29.8 Å². The van der Waals surface area contributed by atoms with E-state index in [0.717, 1.165) is 5.56 Å². The van der Waals surface area contributed by atoms with Crippen molar-refractivity contribution in [3.8, 4) is 0 Å². The van der Waals surface area contributed by atoms with Crippen LogP contribution in [0.25, 0.3) is 0 Å². The standard InChI is InChI=1S/C16H19Cl2N5O2S/c1-9(11-4-3-10(17)7-12(11)18)20-15(25)8-26-16-22-21-14(23(16)2)6-5-13(19)24/h3-4,7,9H,5-6,8H2,1-2H3,(H2,19,24)(H,20,25).